The van der Waals surface area contributed by atoms with Gasteiger partial charge in [0.25, 0.3) is 0 Å². The van der Waals surface area contributed by atoms with E-state index in [9.17, 15) is 13.8 Å². The van der Waals surface area contributed by atoms with E-state index in [1.54, 1.807) is 0 Å². The fraction of sp³-hybridized carbons (Fsp3) is 0.692. The Hall–Kier alpha value is -1.25. The molecule has 2 rings (SSSR count). The van der Waals surface area contributed by atoms with Crippen LogP contribution in [0.25, 0.3) is 0 Å². The lowest BCUT2D eigenvalue weighted by Crippen LogP contribution is -2.43. The summed E-state index contributed by atoms with van der Waals surface area (Å²) in [5.41, 5.74) is -0.272. The van der Waals surface area contributed by atoms with Crippen molar-refractivity contribution in [3.05, 3.63) is 12.7 Å². The average Bonchev–Trinajstić information content (AvgIpc) is 2.92. The second kappa shape index (κ2) is 6.25. The first-order valence-electron chi connectivity index (χ1n) is 6.62. The summed E-state index contributed by atoms with van der Waals surface area (Å²) < 4.78 is 34.8. The van der Waals surface area contributed by atoms with Gasteiger partial charge in [-0.3, -0.25) is 8.74 Å². The molecule has 0 aliphatic heterocycles. The zero-order valence-corrected chi connectivity index (χ0v) is 12.5. The number of carbonyl (C=O) groups is 2. The SMILES string of the molecule is C=CC(=O)OCC(=O)OC1C2CCC(C)(C2)C1OS(=O)O. The van der Waals surface area contributed by atoms with Crippen molar-refractivity contribution in [1.82, 2.24) is 0 Å². The highest BCUT2D eigenvalue weighted by Crippen LogP contribution is 2.56. The first-order chi connectivity index (χ1) is 9.85. The van der Waals surface area contributed by atoms with Gasteiger partial charge in [0.2, 0.25) is 0 Å². The molecule has 0 aromatic rings. The average molecular weight is 318 g/mol. The van der Waals surface area contributed by atoms with Crippen LogP contribution in [0.15, 0.2) is 12.7 Å². The Morgan fingerprint density at radius 1 is 1.52 bits per heavy atom. The minimum absolute atomic E-state index is 0.0996. The predicted octanol–water partition coefficient (Wildman–Crippen LogP) is 0.969. The zero-order valence-electron chi connectivity index (χ0n) is 11.6. The van der Waals surface area contributed by atoms with Crippen LogP contribution < -0.4 is 0 Å². The molecule has 0 heterocycles. The van der Waals surface area contributed by atoms with Crippen LogP contribution in [0.2, 0.25) is 0 Å². The molecule has 1 N–H and O–H groups in total. The topological polar surface area (TPSA) is 99.1 Å². The molecule has 118 valence electrons. The smallest absolute Gasteiger partial charge is 0.344 e. The number of rotatable bonds is 6. The number of carbonyl (C=O) groups excluding carboxylic acids is 2. The highest BCUT2D eigenvalue weighted by atomic mass is 32.2. The quantitative estimate of drug-likeness (QED) is 0.442. The maximum Gasteiger partial charge on any atom is 0.344 e. The number of ether oxygens (including phenoxy) is 2. The lowest BCUT2D eigenvalue weighted by molar-refractivity contribution is -0.167. The molecule has 0 radical (unpaired) electrons. The van der Waals surface area contributed by atoms with Gasteiger partial charge in [-0.1, -0.05) is 13.5 Å². The molecule has 0 aromatic heterocycles. The van der Waals surface area contributed by atoms with E-state index in [-0.39, 0.29) is 11.3 Å². The van der Waals surface area contributed by atoms with Crippen molar-refractivity contribution < 1.29 is 32.0 Å². The number of esters is 2. The third-order valence-corrected chi connectivity index (χ3v) is 4.59. The van der Waals surface area contributed by atoms with Crippen LogP contribution in [-0.2, 0) is 34.6 Å². The molecule has 2 aliphatic carbocycles. The molecular formula is C13H18O7S. The molecule has 2 aliphatic rings. The van der Waals surface area contributed by atoms with Crippen molar-refractivity contribution in [2.24, 2.45) is 11.3 Å². The molecular weight excluding hydrogens is 300 g/mol. The third-order valence-electron chi connectivity index (χ3n) is 4.22. The van der Waals surface area contributed by atoms with Gasteiger partial charge in [0.05, 0.1) is 0 Å². The van der Waals surface area contributed by atoms with Crippen molar-refractivity contribution in [2.75, 3.05) is 6.61 Å². The molecule has 8 heteroatoms. The van der Waals surface area contributed by atoms with Crippen LogP contribution in [0.1, 0.15) is 26.2 Å². The van der Waals surface area contributed by atoms with Crippen LogP contribution in [0.4, 0.5) is 0 Å². The maximum absolute atomic E-state index is 11.7. The Morgan fingerprint density at radius 2 is 2.24 bits per heavy atom. The molecule has 0 spiro atoms. The molecule has 5 unspecified atom stereocenters. The summed E-state index contributed by atoms with van der Waals surface area (Å²) >= 11 is -2.42. The molecule has 0 aromatic carbocycles. The molecule has 5 atom stereocenters. The van der Waals surface area contributed by atoms with Gasteiger partial charge in [-0.25, -0.2) is 9.59 Å². The normalized spacial score (nSPS) is 35.2. The first kappa shape index (κ1) is 16.1. The lowest BCUT2D eigenvalue weighted by atomic mass is 9.83. The maximum atomic E-state index is 11.7. The second-order valence-electron chi connectivity index (χ2n) is 5.66. The highest BCUT2D eigenvalue weighted by Gasteiger charge is 2.58. The van der Waals surface area contributed by atoms with Gasteiger partial charge in [-0.05, 0) is 30.6 Å². The first-order valence-corrected chi connectivity index (χ1v) is 7.65. The third kappa shape index (κ3) is 3.50. The summed E-state index contributed by atoms with van der Waals surface area (Å²) in [6.45, 7) is 4.66. The van der Waals surface area contributed by atoms with E-state index in [4.69, 9.17) is 13.5 Å². The van der Waals surface area contributed by atoms with Crippen molar-refractivity contribution in [1.29, 1.82) is 0 Å². The van der Waals surface area contributed by atoms with Gasteiger partial charge in [0.15, 0.2) is 6.61 Å². The lowest BCUT2D eigenvalue weighted by Gasteiger charge is -2.34. The Morgan fingerprint density at radius 3 is 2.86 bits per heavy atom. The van der Waals surface area contributed by atoms with Crippen LogP contribution >= 0.6 is 0 Å². The standard InChI is InChI=1S/C13H18O7S/c1-3-9(14)18-7-10(15)19-11-8-4-5-13(2,6-8)12(11)20-21(16)17/h3,8,11-12H,1,4-7H2,2H3,(H,16,17). The van der Waals surface area contributed by atoms with Crippen LogP contribution in [0, 0.1) is 11.3 Å². The van der Waals surface area contributed by atoms with Crippen LogP contribution in [0.5, 0.6) is 0 Å². The summed E-state index contributed by atoms with van der Waals surface area (Å²) in [4.78, 5) is 22.6. The van der Waals surface area contributed by atoms with E-state index in [0.717, 1.165) is 25.3 Å². The summed E-state index contributed by atoms with van der Waals surface area (Å²) in [6, 6.07) is 0. The minimum atomic E-state index is -2.42. The van der Waals surface area contributed by atoms with E-state index in [2.05, 4.69) is 11.3 Å². The molecule has 21 heavy (non-hydrogen) atoms. The Bertz CT molecular complexity index is 477. The molecule has 0 saturated heterocycles. The molecule has 7 nitrogen and oxygen atoms in total. The number of fused-ring (bicyclic) bond motifs is 2. The van der Waals surface area contributed by atoms with Gasteiger partial charge in [0.1, 0.15) is 12.2 Å². The van der Waals surface area contributed by atoms with Gasteiger partial charge in [-0.15, -0.1) is 0 Å². The van der Waals surface area contributed by atoms with E-state index in [0.29, 0.717) is 0 Å². The van der Waals surface area contributed by atoms with E-state index < -0.39 is 42.1 Å². The molecule has 2 bridgehead atoms. The molecule has 0 amide bonds. The van der Waals surface area contributed by atoms with E-state index in [1.165, 1.54) is 0 Å². The van der Waals surface area contributed by atoms with Crippen molar-refractivity contribution >= 4 is 23.3 Å². The van der Waals surface area contributed by atoms with Gasteiger partial charge in [-0.2, -0.15) is 4.21 Å². The van der Waals surface area contributed by atoms with Crippen LogP contribution in [-0.4, -0.2) is 39.5 Å². The van der Waals surface area contributed by atoms with Gasteiger partial charge >= 0.3 is 23.3 Å². The largest absolute Gasteiger partial charge is 0.457 e. The predicted molar refractivity (Wildman–Crippen MR) is 72.1 cm³/mol. The van der Waals surface area contributed by atoms with Crippen molar-refractivity contribution in [2.45, 2.75) is 38.4 Å². The molecule has 2 saturated carbocycles. The van der Waals surface area contributed by atoms with E-state index >= 15 is 0 Å². The number of hydrogen-bond donors (Lipinski definition) is 1. The fourth-order valence-corrected chi connectivity index (χ4v) is 3.81. The Kier molecular flexibility index (Phi) is 4.80. The molecule has 2 fully saturated rings. The Balaban J connectivity index is 1.97. The van der Waals surface area contributed by atoms with Crippen molar-refractivity contribution in [3.63, 3.8) is 0 Å². The fourth-order valence-electron chi connectivity index (χ4n) is 3.29. The van der Waals surface area contributed by atoms with E-state index in [1.807, 2.05) is 6.92 Å². The monoisotopic (exact) mass is 318 g/mol. The minimum Gasteiger partial charge on any atom is -0.457 e. The van der Waals surface area contributed by atoms with Crippen molar-refractivity contribution in [3.8, 4) is 0 Å². The van der Waals surface area contributed by atoms with Gasteiger partial charge < -0.3 is 9.47 Å². The summed E-state index contributed by atoms with van der Waals surface area (Å²) in [6.07, 6.45) is 2.25. The zero-order chi connectivity index (χ0) is 15.6. The highest BCUT2D eigenvalue weighted by molar-refractivity contribution is 7.74. The Labute approximate surface area is 125 Å². The number of hydrogen-bond acceptors (Lipinski definition) is 6. The summed E-state index contributed by atoms with van der Waals surface area (Å²) in [5, 5.41) is 0. The summed E-state index contributed by atoms with van der Waals surface area (Å²) in [5.74, 6) is -1.32. The van der Waals surface area contributed by atoms with Crippen LogP contribution in [0.3, 0.4) is 0 Å². The second-order valence-corrected chi connectivity index (χ2v) is 6.28. The van der Waals surface area contributed by atoms with Gasteiger partial charge in [0, 0.05) is 6.08 Å². The summed E-state index contributed by atoms with van der Waals surface area (Å²) in [7, 11) is 0.